The summed E-state index contributed by atoms with van der Waals surface area (Å²) in [4.78, 5) is 23.0. The minimum Gasteiger partial charge on any atom is -0.384 e. The van der Waals surface area contributed by atoms with E-state index in [1.54, 1.807) is 24.3 Å². The molecule has 0 radical (unpaired) electrons. The molecule has 1 aromatic heterocycles. The third-order valence-corrected chi connectivity index (χ3v) is 4.91. The molecule has 7 nitrogen and oxygen atoms in total. The Morgan fingerprint density at radius 3 is 2.63 bits per heavy atom. The Hall–Kier alpha value is -3.32. The fourth-order valence-electron chi connectivity index (χ4n) is 3.22. The molecule has 7 heteroatoms. The SMILES string of the molecule is N=C(N)c1cccc(C(N)c2ncnc3cc(C(=O)N4CCC4)ccc23)c1. The van der Waals surface area contributed by atoms with Gasteiger partial charge < -0.3 is 16.4 Å². The van der Waals surface area contributed by atoms with E-state index in [-0.39, 0.29) is 11.7 Å². The van der Waals surface area contributed by atoms with Crippen molar-refractivity contribution < 1.29 is 4.79 Å². The van der Waals surface area contributed by atoms with Gasteiger partial charge in [-0.3, -0.25) is 10.2 Å². The molecular weight excluding hydrogens is 340 g/mol. The Bertz CT molecular complexity index is 1040. The number of fused-ring (bicyclic) bond motifs is 1. The molecule has 1 atom stereocenters. The van der Waals surface area contributed by atoms with Crippen molar-refractivity contribution in [1.82, 2.24) is 14.9 Å². The molecule has 0 saturated carbocycles. The predicted octanol–water partition coefficient (Wildman–Crippen LogP) is 1.81. The van der Waals surface area contributed by atoms with Gasteiger partial charge in [0.25, 0.3) is 5.91 Å². The molecule has 1 aliphatic rings. The molecule has 136 valence electrons. The number of hydrogen-bond acceptors (Lipinski definition) is 5. The summed E-state index contributed by atoms with van der Waals surface area (Å²) in [6.45, 7) is 1.62. The quantitative estimate of drug-likeness (QED) is 0.484. The summed E-state index contributed by atoms with van der Waals surface area (Å²) < 4.78 is 0. The number of nitrogens with zero attached hydrogens (tertiary/aromatic N) is 3. The molecule has 1 fully saturated rings. The summed E-state index contributed by atoms with van der Waals surface area (Å²) in [6.07, 6.45) is 2.52. The van der Waals surface area contributed by atoms with Gasteiger partial charge in [0, 0.05) is 29.6 Å². The topological polar surface area (TPSA) is 122 Å². The number of nitrogens with one attached hydrogen (secondary N) is 1. The number of benzene rings is 2. The first-order valence-corrected chi connectivity index (χ1v) is 8.78. The maximum Gasteiger partial charge on any atom is 0.253 e. The van der Waals surface area contributed by atoms with Gasteiger partial charge in [-0.25, -0.2) is 9.97 Å². The number of rotatable bonds is 4. The van der Waals surface area contributed by atoms with Gasteiger partial charge in [0.15, 0.2) is 0 Å². The molecule has 1 amide bonds. The van der Waals surface area contributed by atoms with Crippen molar-refractivity contribution in [2.75, 3.05) is 13.1 Å². The van der Waals surface area contributed by atoms with E-state index in [1.165, 1.54) is 6.33 Å². The zero-order chi connectivity index (χ0) is 19.0. The van der Waals surface area contributed by atoms with Crippen molar-refractivity contribution in [3.63, 3.8) is 0 Å². The van der Waals surface area contributed by atoms with Crippen LogP contribution in [0.1, 0.15) is 39.6 Å². The molecule has 3 aromatic rings. The number of nitrogens with two attached hydrogens (primary N) is 2. The van der Waals surface area contributed by atoms with Crippen molar-refractivity contribution in [2.45, 2.75) is 12.5 Å². The standard InChI is InChI=1S/C20H20N6O/c21-17(12-3-1-4-13(9-12)19(22)23)18-15-6-5-14(10-16(15)24-11-25-18)20(27)26-7-2-8-26/h1,3-6,9-11,17H,2,7-8,21H2,(H3,22,23). The molecule has 27 heavy (non-hydrogen) atoms. The van der Waals surface area contributed by atoms with Gasteiger partial charge in [0.1, 0.15) is 12.2 Å². The third-order valence-electron chi connectivity index (χ3n) is 4.91. The molecule has 5 N–H and O–H groups in total. The highest BCUT2D eigenvalue weighted by Gasteiger charge is 2.22. The number of amidine groups is 1. The van der Waals surface area contributed by atoms with Crippen molar-refractivity contribution in [1.29, 1.82) is 5.41 Å². The van der Waals surface area contributed by atoms with Crippen molar-refractivity contribution in [3.8, 4) is 0 Å². The van der Waals surface area contributed by atoms with Crippen LogP contribution < -0.4 is 11.5 Å². The smallest absolute Gasteiger partial charge is 0.253 e. The average molecular weight is 360 g/mol. The normalized spacial score (nSPS) is 14.6. The van der Waals surface area contributed by atoms with Gasteiger partial charge in [0.2, 0.25) is 0 Å². The van der Waals surface area contributed by atoms with Gasteiger partial charge in [-0.2, -0.15) is 0 Å². The second-order valence-corrected chi connectivity index (χ2v) is 6.65. The van der Waals surface area contributed by atoms with E-state index in [0.29, 0.717) is 22.3 Å². The van der Waals surface area contributed by atoms with E-state index in [0.717, 1.165) is 30.5 Å². The van der Waals surface area contributed by atoms with Crippen LogP contribution in [0.15, 0.2) is 48.8 Å². The van der Waals surface area contributed by atoms with Crippen LogP contribution in [0.25, 0.3) is 10.9 Å². The number of hydrogen-bond donors (Lipinski definition) is 3. The second kappa shape index (κ2) is 6.77. The van der Waals surface area contributed by atoms with E-state index >= 15 is 0 Å². The fraction of sp³-hybridized carbons (Fsp3) is 0.200. The summed E-state index contributed by atoms with van der Waals surface area (Å²) in [5.41, 5.74) is 15.4. The van der Waals surface area contributed by atoms with Crippen LogP contribution in [0.4, 0.5) is 0 Å². The first kappa shape index (κ1) is 17.1. The summed E-state index contributed by atoms with van der Waals surface area (Å²) in [5, 5.41) is 8.41. The highest BCUT2D eigenvalue weighted by atomic mass is 16.2. The minimum atomic E-state index is -0.494. The Morgan fingerprint density at radius 1 is 1.11 bits per heavy atom. The Balaban J connectivity index is 1.72. The summed E-state index contributed by atoms with van der Waals surface area (Å²) in [5.74, 6) is 0.0208. The van der Waals surface area contributed by atoms with Crippen LogP contribution in [0.3, 0.4) is 0 Å². The van der Waals surface area contributed by atoms with Gasteiger partial charge in [-0.15, -0.1) is 0 Å². The van der Waals surface area contributed by atoms with Crippen molar-refractivity contribution in [3.05, 3.63) is 71.2 Å². The lowest BCUT2D eigenvalue weighted by Crippen LogP contribution is -2.42. The number of carbonyl (C=O) groups excluding carboxylic acids is 1. The van der Waals surface area contributed by atoms with E-state index in [2.05, 4.69) is 9.97 Å². The molecule has 1 aliphatic heterocycles. The maximum atomic E-state index is 12.4. The fourth-order valence-corrected chi connectivity index (χ4v) is 3.22. The lowest BCUT2D eigenvalue weighted by atomic mass is 9.98. The molecular formula is C20H20N6O. The summed E-state index contributed by atoms with van der Waals surface area (Å²) in [7, 11) is 0. The van der Waals surface area contributed by atoms with Crippen LogP contribution in [0.5, 0.6) is 0 Å². The van der Waals surface area contributed by atoms with Crippen LogP contribution in [0.2, 0.25) is 0 Å². The number of nitrogen functional groups attached to an aromatic ring is 1. The van der Waals surface area contributed by atoms with E-state index < -0.39 is 6.04 Å². The molecule has 2 heterocycles. The second-order valence-electron chi connectivity index (χ2n) is 6.65. The molecule has 4 rings (SSSR count). The molecule has 1 unspecified atom stereocenters. The van der Waals surface area contributed by atoms with Crippen molar-refractivity contribution >= 4 is 22.6 Å². The highest BCUT2D eigenvalue weighted by molar-refractivity contribution is 5.98. The zero-order valence-corrected chi connectivity index (χ0v) is 14.7. The predicted molar refractivity (Wildman–Crippen MR) is 104 cm³/mol. The number of amides is 1. The minimum absolute atomic E-state index is 0.00857. The molecule has 0 aliphatic carbocycles. The largest absolute Gasteiger partial charge is 0.384 e. The monoisotopic (exact) mass is 360 g/mol. The maximum absolute atomic E-state index is 12.4. The lowest BCUT2D eigenvalue weighted by Gasteiger charge is -2.30. The van der Waals surface area contributed by atoms with E-state index in [4.69, 9.17) is 16.9 Å². The number of carbonyl (C=O) groups is 1. The molecule has 0 spiro atoms. The van der Waals surface area contributed by atoms with Crippen molar-refractivity contribution in [2.24, 2.45) is 11.5 Å². The average Bonchev–Trinajstić information content (AvgIpc) is 2.65. The molecule has 1 saturated heterocycles. The Morgan fingerprint density at radius 2 is 1.93 bits per heavy atom. The van der Waals surface area contributed by atoms with Gasteiger partial charge in [-0.05, 0) is 30.2 Å². The van der Waals surface area contributed by atoms with E-state index in [9.17, 15) is 4.79 Å². The van der Waals surface area contributed by atoms with Gasteiger partial charge in [0.05, 0.1) is 17.3 Å². The zero-order valence-electron chi connectivity index (χ0n) is 14.7. The lowest BCUT2D eigenvalue weighted by molar-refractivity contribution is 0.0652. The summed E-state index contributed by atoms with van der Waals surface area (Å²) in [6, 6.07) is 12.2. The molecule has 2 aromatic carbocycles. The highest BCUT2D eigenvalue weighted by Crippen LogP contribution is 2.26. The number of likely N-dealkylation sites (tertiary alicyclic amines) is 1. The van der Waals surface area contributed by atoms with Gasteiger partial charge in [-0.1, -0.05) is 24.3 Å². The Labute approximate surface area is 156 Å². The van der Waals surface area contributed by atoms with E-state index in [1.807, 2.05) is 23.1 Å². The third kappa shape index (κ3) is 3.13. The first-order chi connectivity index (χ1) is 13.0. The Kier molecular flexibility index (Phi) is 4.29. The molecule has 0 bridgehead atoms. The van der Waals surface area contributed by atoms with Crippen LogP contribution >= 0.6 is 0 Å². The first-order valence-electron chi connectivity index (χ1n) is 8.78. The van der Waals surface area contributed by atoms with Crippen LogP contribution in [0, 0.1) is 5.41 Å². The number of aromatic nitrogens is 2. The van der Waals surface area contributed by atoms with Crippen LogP contribution in [-0.2, 0) is 0 Å². The van der Waals surface area contributed by atoms with Crippen LogP contribution in [-0.4, -0.2) is 39.7 Å². The van der Waals surface area contributed by atoms with Gasteiger partial charge >= 0.3 is 0 Å². The summed E-state index contributed by atoms with van der Waals surface area (Å²) >= 11 is 0.